The Kier molecular flexibility index (Phi) is 6.46. The van der Waals surface area contributed by atoms with Gasteiger partial charge in [0.1, 0.15) is 17.2 Å². The second-order valence-corrected chi connectivity index (χ2v) is 6.83. The third-order valence-electron chi connectivity index (χ3n) is 3.79. The molecule has 10 heteroatoms. The van der Waals surface area contributed by atoms with Gasteiger partial charge in [-0.15, -0.1) is 13.2 Å². The number of pyridine rings is 1. The number of aromatic nitrogens is 1. The number of anilines is 2. The number of ether oxygens (including phenoxy) is 2. The number of benzene rings is 2. The summed E-state index contributed by atoms with van der Waals surface area (Å²) >= 11 is 3.42. The van der Waals surface area contributed by atoms with Gasteiger partial charge in [0.15, 0.2) is 0 Å². The van der Waals surface area contributed by atoms with Gasteiger partial charge in [-0.3, -0.25) is 0 Å². The number of urea groups is 1. The first-order valence-electron chi connectivity index (χ1n) is 8.53. The van der Waals surface area contributed by atoms with Crippen LogP contribution in [0.5, 0.6) is 17.4 Å². The molecule has 1 aromatic heterocycles. The van der Waals surface area contributed by atoms with Gasteiger partial charge < -0.3 is 20.1 Å². The van der Waals surface area contributed by atoms with Gasteiger partial charge in [0.25, 0.3) is 0 Å². The van der Waals surface area contributed by atoms with Gasteiger partial charge in [-0.1, -0.05) is 22.0 Å². The van der Waals surface area contributed by atoms with Crippen LogP contribution in [0.15, 0.2) is 65.3 Å². The van der Waals surface area contributed by atoms with Crippen molar-refractivity contribution in [2.75, 3.05) is 10.6 Å². The molecule has 2 N–H and O–H groups in total. The van der Waals surface area contributed by atoms with Crippen LogP contribution in [0.3, 0.4) is 0 Å². The first-order valence-corrected chi connectivity index (χ1v) is 9.32. The number of hydrogen-bond acceptors (Lipinski definition) is 4. The lowest BCUT2D eigenvalue weighted by Gasteiger charge is -2.14. The minimum Gasteiger partial charge on any atom is -0.437 e. The minimum absolute atomic E-state index is 0.183. The average molecular weight is 482 g/mol. The van der Waals surface area contributed by atoms with Crippen molar-refractivity contribution in [3.05, 3.63) is 70.8 Å². The quantitative estimate of drug-likeness (QED) is 0.436. The number of nitrogens with one attached hydrogen (secondary N) is 2. The molecule has 0 saturated carbocycles. The standard InChI is InChI=1S/C20H15BrF3N3O3/c1-12-15(21)4-2-6-17(12)29-18-16(5-3-11-25-18)27-19(28)26-13-7-9-14(10-8-13)30-20(22,23)24/h2-11H,1H3,(H2,26,27,28). The molecule has 0 aliphatic heterocycles. The number of nitrogens with zero attached hydrogens (tertiary/aromatic N) is 1. The second-order valence-electron chi connectivity index (χ2n) is 5.97. The van der Waals surface area contributed by atoms with Crippen LogP contribution in [0.4, 0.5) is 29.3 Å². The summed E-state index contributed by atoms with van der Waals surface area (Å²) < 4.78 is 47.1. The van der Waals surface area contributed by atoms with Gasteiger partial charge in [-0.2, -0.15) is 0 Å². The van der Waals surface area contributed by atoms with Crippen LogP contribution in [0, 0.1) is 6.92 Å². The highest BCUT2D eigenvalue weighted by atomic mass is 79.9. The lowest BCUT2D eigenvalue weighted by atomic mass is 10.2. The number of carbonyl (C=O) groups excluding carboxylic acids is 1. The van der Waals surface area contributed by atoms with Crippen LogP contribution in [0.2, 0.25) is 0 Å². The van der Waals surface area contributed by atoms with Gasteiger partial charge in [0.05, 0.1) is 0 Å². The van der Waals surface area contributed by atoms with E-state index >= 15 is 0 Å². The number of alkyl halides is 3. The van der Waals surface area contributed by atoms with Gasteiger partial charge in [0, 0.05) is 21.9 Å². The fraction of sp³-hybridized carbons (Fsp3) is 0.100. The van der Waals surface area contributed by atoms with Crippen molar-refractivity contribution in [2.24, 2.45) is 0 Å². The van der Waals surface area contributed by atoms with Crippen molar-refractivity contribution in [3.63, 3.8) is 0 Å². The molecule has 3 rings (SSSR count). The van der Waals surface area contributed by atoms with Crippen molar-refractivity contribution < 1.29 is 27.4 Å². The molecule has 0 fully saturated rings. The topological polar surface area (TPSA) is 72.5 Å². The summed E-state index contributed by atoms with van der Waals surface area (Å²) in [5.41, 5.74) is 1.45. The fourth-order valence-electron chi connectivity index (χ4n) is 2.39. The van der Waals surface area contributed by atoms with E-state index in [0.29, 0.717) is 11.4 Å². The van der Waals surface area contributed by atoms with Crippen LogP contribution >= 0.6 is 15.9 Å². The Morgan fingerprint density at radius 2 is 1.77 bits per heavy atom. The molecule has 6 nitrogen and oxygen atoms in total. The van der Waals surface area contributed by atoms with E-state index in [2.05, 4.69) is 36.3 Å². The zero-order chi connectivity index (χ0) is 21.7. The Bertz CT molecular complexity index is 1040. The van der Waals surface area contributed by atoms with E-state index in [1.807, 2.05) is 13.0 Å². The maximum atomic E-state index is 12.3. The third kappa shape index (κ3) is 5.86. The summed E-state index contributed by atoms with van der Waals surface area (Å²) in [7, 11) is 0. The van der Waals surface area contributed by atoms with Crippen molar-refractivity contribution in [2.45, 2.75) is 13.3 Å². The molecular formula is C20H15BrF3N3O3. The molecule has 156 valence electrons. The van der Waals surface area contributed by atoms with Gasteiger partial charge >= 0.3 is 12.4 Å². The van der Waals surface area contributed by atoms with E-state index in [1.54, 1.807) is 24.3 Å². The van der Waals surface area contributed by atoms with Crippen molar-refractivity contribution in [3.8, 4) is 17.4 Å². The molecule has 3 aromatic rings. The highest BCUT2D eigenvalue weighted by Gasteiger charge is 2.30. The van der Waals surface area contributed by atoms with Gasteiger partial charge in [0.2, 0.25) is 5.88 Å². The zero-order valence-electron chi connectivity index (χ0n) is 15.5. The Morgan fingerprint density at radius 3 is 2.47 bits per heavy atom. The number of hydrogen-bond donors (Lipinski definition) is 2. The van der Waals surface area contributed by atoms with Crippen LogP contribution in [-0.4, -0.2) is 17.4 Å². The van der Waals surface area contributed by atoms with Crippen molar-refractivity contribution in [1.82, 2.24) is 4.98 Å². The van der Waals surface area contributed by atoms with Gasteiger partial charge in [-0.05, 0) is 55.5 Å². The molecule has 2 aromatic carbocycles. The summed E-state index contributed by atoms with van der Waals surface area (Å²) in [6.07, 6.45) is -3.26. The van der Waals surface area contributed by atoms with Crippen LogP contribution in [0.25, 0.3) is 0 Å². The van der Waals surface area contributed by atoms with Crippen LogP contribution in [0.1, 0.15) is 5.56 Å². The van der Waals surface area contributed by atoms with E-state index in [1.165, 1.54) is 18.3 Å². The third-order valence-corrected chi connectivity index (χ3v) is 4.65. The molecule has 0 aliphatic carbocycles. The lowest BCUT2D eigenvalue weighted by Crippen LogP contribution is -2.20. The SMILES string of the molecule is Cc1c(Br)cccc1Oc1ncccc1NC(=O)Nc1ccc(OC(F)(F)F)cc1. The smallest absolute Gasteiger partial charge is 0.437 e. The minimum atomic E-state index is -4.78. The lowest BCUT2D eigenvalue weighted by molar-refractivity contribution is -0.274. The monoisotopic (exact) mass is 481 g/mol. The van der Waals surface area contributed by atoms with E-state index in [-0.39, 0.29) is 17.3 Å². The first kappa shape index (κ1) is 21.4. The van der Waals surface area contributed by atoms with Crippen LogP contribution in [-0.2, 0) is 0 Å². The fourth-order valence-corrected chi connectivity index (χ4v) is 2.74. The molecule has 0 bridgehead atoms. The van der Waals surface area contributed by atoms with E-state index in [4.69, 9.17) is 4.74 Å². The number of amides is 2. The van der Waals surface area contributed by atoms with E-state index in [0.717, 1.165) is 22.2 Å². The van der Waals surface area contributed by atoms with E-state index < -0.39 is 12.4 Å². The number of halogens is 4. The second kappa shape index (κ2) is 9.04. The molecule has 0 unspecified atom stereocenters. The molecule has 2 amide bonds. The Hall–Kier alpha value is -3.27. The summed E-state index contributed by atoms with van der Waals surface area (Å²) in [6, 6.07) is 12.8. The maximum absolute atomic E-state index is 12.3. The molecule has 30 heavy (non-hydrogen) atoms. The predicted molar refractivity (Wildman–Crippen MR) is 109 cm³/mol. The molecule has 0 radical (unpaired) electrons. The van der Waals surface area contributed by atoms with Gasteiger partial charge in [-0.25, -0.2) is 9.78 Å². The Labute approximate surface area is 178 Å². The zero-order valence-corrected chi connectivity index (χ0v) is 17.0. The highest BCUT2D eigenvalue weighted by Crippen LogP contribution is 2.32. The van der Waals surface area contributed by atoms with Crippen molar-refractivity contribution >= 4 is 33.3 Å². The molecular weight excluding hydrogens is 467 g/mol. The normalized spacial score (nSPS) is 11.0. The highest BCUT2D eigenvalue weighted by molar-refractivity contribution is 9.10. The summed E-state index contributed by atoms with van der Waals surface area (Å²) in [6.45, 7) is 1.87. The molecule has 0 saturated heterocycles. The van der Waals surface area contributed by atoms with E-state index in [9.17, 15) is 18.0 Å². The Balaban J connectivity index is 1.68. The summed E-state index contributed by atoms with van der Waals surface area (Å²) in [4.78, 5) is 16.4. The predicted octanol–water partition coefficient (Wildman–Crippen LogP) is 6.49. The summed E-state index contributed by atoms with van der Waals surface area (Å²) in [5, 5.41) is 5.12. The molecule has 0 aliphatic rings. The molecule has 0 spiro atoms. The van der Waals surface area contributed by atoms with Crippen molar-refractivity contribution in [1.29, 1.82) is 0 Å². The Morgan fingerprint density at radius 1 is 1.03 bits per heavy atom. The summed E-state index contributed by atoms with van der Waals surface area (Å²) in [5.74, 6) is 0.357. The molecule has 0 atom stereocenters. The first-order chi connectivity index (χ1) is 14.2. The number of rotatable bonds is 5. The number of carbonyl (C=O) groups is 1. The largest absolute Gasteiger partial charge is 0.573 e. The van der Waals surface area contributed by atoms with Crippen LogP contribution < -0.4 is 20.1 Å². The average Bonchev–Trinajstić information content (AvgIpc) is 2.67. The maximum Gasteiger partial charge on any atom is 0.573 e. The molecule has 1 heterocycles.